The van der Waals surface area contributed by atoms with Crippen LogP contribution in [0, 0.1) is 11.3 Å². The molecular weight excluding hydrogens is 266 g/mol. The first-order chi connectivity index (χ1) is 10.2. The maximum atomic E-state index is 10.4. The van der Waals surface area contributed by atoms with Crippen molar-refractivity contribution in [1.82, 2.24) is 4.98 Å². The van der Waals surface area contributed by atoms with E-state index in [0.717, 1.165) is 36.0 Å². The zero-order chi connectivity index (χ0) is 15.1. The molecule has 0 saturated carbocycles. The summed E-state index contributed by atoms with van der Waals surface area (Å²) < 4.78 is 0. The number of carbonyl (C=O) groups is 1. The number of nitrogens with one attached hydrogen (secondary N) is 1. The van der Waals surface area contributed by atoms with Gasteiger partial charge in [-0.15, -0.1) is 0 Å². The van der Waals surface area contributed by atoms with E-state index < -0.39 is 5.97 Å². The minimum Gasteiger partial charge on any atom is -0.481 e. The fourth-order valence-electron chi connectivity index (χ4n) is 2.17. The number of pyridine rings is 1. The molecule has 5 nitrogen and oxygen atoms in total. The van der Waals surface area contributed by atoms with Gasteiger partial charge in [0.25, 0.3) is 0 Å². The number of nitrogens with zero attached hydrogens (tertiary/aromatic N) is 2. The van der Waals surface area contributed by atoms with Gasteiger partial charge in [-0.05, 0) is 42.5 Å². The Morgan fingerprint density at radius 3 is 2.90 bits per heavy atom. The maximum absolute atomic E-state index is 10.4. The van der Waals surface area contributed by atoms with Gasteiger partial charge >= 0.3 is 5.97 Å². The zero-order valence-electron chi connectivity index (χ0n) is 11.7. The Bertz CT molecular complexity index is 677. The topological polar surface area (TPSA) is 86.0 Å². The molecule has 0 amide bonds. The lowest BCUT2D eigenvalue weighted by Crippen LogP contribution is -2.04. The number of anilines is 1. The standard InChI is InChI=1S/C16H17N3O2/c17-11-12-5-6-14-13(10-12)7-9-19-16(14)18-8-3-1-2-4-15(20)21/h5-7,9-10H,1-4,8H2,(H,18,19)(H,20,21). The summed E-state index contributed by atoms with van der Waals surface area (Å²) in [5.74, 6) is 0.0576. The number of hydrogen-bond donors (Lipinski definition) is 2. The Morgan fingerprint density at radius 2 is 2.14 bits per heavy atom. The minimum absolute atomic E-state index is 0.226. The fraction of sp³-hybridized carbons (Fsp3) is 0.312. The Balaban J connectivity index is 1.93. The molecule has 0 aliphatic rings. The normalized spacial score (nSPS) is 10.2. The third-order valence-electron chi connectivity index (χ3n) is 3.25. The molecule has 0 spiro atoms. The van der Waals surface area contributed by atoms with E-state index in [0.29, 0.717) is 12.0 Å². The first-order valence-electron chi connectivity index (χ1n) is 6.95. The van der Waals surface area contributed by atoms with Crippen LogP contribution in [-0.4, -0.2) is 22.6 Å². The number of benzene rings is 1. The van der Waals surface area contributed by atoms with E-state index in [-0.39, 0.29) is 6.42 Å². The Labute approximate surface area is 123 Å². The van der Waals surface area contributed by atoms with Crippen molar-refractivity contribution in [1.29, 1.82) is 5.26 Å². The summed E-state index contributed by atoms with van der Waals surface area (Å²) in [6.07, 6.45) is 4.43. The second kappa shape index (κ2) is 7.25. The molecule has 2 rings (SSSR count). The van der Waals surface area contributed by atoms with Crippen LogP contribution < -0.4 is 5.32 Å². The Hall–Kier alpha value is -2.61. The third kappa shape index (κ3) is 4.18. The predicted molar refractivity (Wildman–Crippen MR) is 81.1 cm³/mol. The van der Waals surface area contributed by atoms with Gasteiger partial charge < -0.3 is 10.4 Å². The fourth-order valence-corrected chi connectivity index (χ4v) is 2.17. The molecule has 21 heavy (non-hydrogen) atoms. The van der Waals surface area contributed by atoms with E-state index >= 15 is 0 Å². The van der Waals surface area contributed by atoms with Gasteiger partial charge in [0.05, 0.1) is 11.6 Å². The number of hydrogen-bond acceptors (Lipinski definition) is 4. The van der Waals surface area contributed by atoms with Gasteiger partial charge in [-0.3, -0.25) is 4.79 Å². The summed E-state index contributed by atoms with van der Waals surface area (Å²) in [5, 5.41) is 22.7. The predicted octanol–water partition coefficient (Wildman–Crippen LogP) is 3.16. The summed E-state index contributed by atoms with van der Waals surface area (Å²) in [4.78, 5) is 14.7. The first-order valence-corrected chi connectivity index (χ1v) is 6.95. The summed E-state index contributed by atoms with van der Waals surface area (Å²) in [7, 11) is 0. The van der Waals surface area contributed by atoms with E-state index in [1.54, 1.807) is 12.3 Å². The van der Waals surface area contributed by atoms with Crippen LogP contribution in [0.15, 0.2) is 30.5 Å². The average molecular weight is 283 g/mol. The quantitative estimate of drug-likeness (QED) is 0.762. The number of nitriles is 1. The van der Waals surface area contributed by atoms with Crippen molar-refractivity contribution in [2.75, 3.05) is 11.9 Å². The molecule has 0 bridgehead atoms. The molecule has 0 fully saturated rings. The molecule has 0 atom stereocenters. The molecule has 2 N–H and O–H groups in total. The van der Waals surface area contributed by atoms with E-state index in [4.69, 9.17) is 10.4 Å². The van der Waals surface area contributed by atoms with Crippen molar-refractivity contribution >= 4 is 22.6 Å². The van der Waals surface area contributed by atoms with Crippen LogP contribution >= 0.6 is 0 Å². The molecule has 0 aliphatic heterocycles. The number of rotatable bonds is 7. The van der Waals surface area contributed by atoms with Crippen molar-refractivity contribution in [2.24, 2.45) is 0 Å². The van der Waals surface area contributed by atoms with Gasteiger partial charge in [0.1, 0.15) is 5.82 Å². The van der Waals surface area contributed by atoms with Gasteiger partial charge in [0.2, 0.25) is 0 Å². The molecule has 0 saturated heterocycles. The van der Waals surface area contributed by atoms with E-state index in [2.05, 4.69) is 16.4 Å². The highest BCUT2D eigenvalue weighted by Gasteiger charge is 2.03. The van der Waals surface area contributed by atoms with E-state index in [1.165, 1.54) is 0 Å². The number of aliphatic carboxylic acids is 1. The van der Waals surface area contributed by atoms with Crippen LogP contribution in [-0.2, 0) is 4.79 Å². The van der Waals surface area contributed by atoms with Crippen molar-refractivity contribution in [3.63, 3.8) is 0 Å². The average Bonchev–Trinajstić information content (AvgIpc) is 2.49. The SMILES string of the molecule is N#Cc1ccc2c(NCCCCCC(=O)O)nccc2c1. The van der Waals surface area contributed by atoms with Crippen LogP contribution in [0.2, 0.25) is 0 Å². The van der Waals surface area contributed by atoms with Crippen molar-refractivity contribution in [3.8, 4) is 6.07 Å². The number of aromatic nitrogens is 1. The number of carboxylic acid groups (broad SMARTS) is 1. The lowest BCUT2D eigenvalue weighted by Gasteiger charge is -2.08. The van der Waals surface area contributed by atoms with Crippen LogP contribution in [0.1, 0.15) is 31.2 Å². The number of unbranched alkanes of at least 4 members (excludes halogenated alkanes) is 2. The molecule has 1 aromatic carbocycles. The van der Waals surface area contributed by atoms with Crippen molar-refractivity contribution in [2.45, 2.75) is 25.7 Å². The molecule has 1 heterocycles. The van der Waals surface area contributed by atoms with E-state index in [9.17, 15) is 4.79 Å². The van der Waals surface area contributed by atoms with Crippen molar-refractivity contribution < 1.29 is 9.90 Å². The Kier molecular flexibility index (Phi) is 5.10. The largest absolute Gasteiger partial charge is 0.481 e. The van der Waals surface area contributed by atoms with Crippen LogP contribution in [0.5, 0.6) is 0 Å². The van der Waals surface area contributed by atoms with Crippen LogP contribution in [0.3, 0.4) is 0 Å². The second-order valence-electron chi connectivity index (χ2n) is 4.84. The summed E-state index contributed by atoms with van der Waals surface area (Å²) in [6, 6.07) is 9.53. The van der Waals surface area contributed by atoms with Gasteiger partial charge in [-0.25, -0.2) is 4.98 Å². The van der Waals surface area contributed by atoms with Crippen LogP contribution in [0.4, 0.5) is 5.82 Å². The van der Waals surface area contributed by atoms with Gasteiger partial charge in [-0.2, -0.15) is 5.26 Å². The van der Waals surface area contributed by atoms with Crippen molar-refractivity contribution in [3.05, 3.63) is 36.0 Å². The van der Waals surface area contributed by atoms with E-state index in [1.807, 2.05) is 18.2 Å². The van der Waals surface area contributed by atoms with Gasteiger partial charge in [0, 0.05) is 24.5 Å². The molecule has 1 aromatic heterocycles. The molecular formula is C16H17N3O2. The highest BCUT2D eigenvalue weighted by molar-refractivity contribution is 5.92. The maximum Gasteiger partial charge on any atom is 0.303 e. The van der Waals surface area contributed by atoms with Gasteiger partial charge in [-0.1, -0.05) is 6.42 Å². The molecule has 5 heteroatoms. The summed E-state index contributed by atoms with van der Waals surface area (Å²) in [6.45, 7) is 0.756. The molecule has 2 aromatic rings. The monoisotopic (exact) mass is 283 g/mol. The molecule has 0 unspecified atom stereocenters. The molecule has 0 radical (unpaired) electrons. The highest BCUT2D eigenvalue weighted by Crippen LogP contribution is 2.22. The van der Waals surface area contributed by atoms with Gasteiger partial charge in [0.15, 0.2) is 0 Å². The molecule has 108 valence electrons. The smallest absolute Gasteiger partial charge is 0.303 e. The molecule has 0 aliphatic carbocycles. The second-order valence-corrected chi connectivity index (χ2v) is 4.84. The van der Waals surface area contributed by atoms with Crippen LogP contribution in [0.25, 0.3) is 10.8 Å². The zero-order valence-corrected chi connectivity index (χ0v) is 11.7. The highest BCUT2D eigenvalue weighted by atomic mass is 16.4. The first kappa shape index (κ1) is 14.8. The Morgan fingerprint density at radius 1 is 1.29 bits per heavy atom. The number of fused-ring (bicyclic) bond motifs is 1. The lowest BCUT2D eigenvalue weighted by atomic mass is 10.1. The minimum atomic E-state index is -0.744. The number of carboxylic acids is 1. The lowest BCUT2D eigenvalue weighted by molar-refractivity contribution is -0.137. The third-order valence-corrected chi connectivity index (χ3v) is 3.25. The summed E-state index contributed by atoms with van der Waals surface area (Å²) in [5.41, 5.74) is 0.633. The summed E-state index contributed by atoms with van der Waals surface area (Å²) >= 11 is 0.